The topological polar surface area (TPSA) is 208 Å². The maximum atomic E-state index is 14.0. The second-order valence-corrected chi connectivity index (χ2v) is 13.9. The molecule has 1 fully saturated rings. The molecule has 14 nitrogen and oxygen atoms in total. The van der Waals surface area contributed by atoms with Crippen molar-refractivity contribution in [1.82, 2.24) is 20.4 Å². The highest BCUT2D eigenvalue weighted by Crippen LogP contribution is 2.30. The number of primary amides is 1. The molecule has 0 spiro atoms. The highest BCUT2D eigenvalue weighted by Gasteiger charge is 2.42. The molecule has 280 valence electrons. The number of amides is 6. The lowest BCUT2D eigenvalue weighted by molar-refractivity contribution is -0.140. The van der Waals surface area contributed by atoms with Crippen molar-refractivity contribution in [3.63, 3.8) is 0 Å². The van der Waals surface area contributed by atoms with E-state index in [1.54, 1.807) is 54.6 Å². The summed E-state index contributed by atoms with van der Waals surface area (Å²) >= 11 is 0. The number of phenols is 1. The number of likely N-dealkylation sites (tertiary alicyclic amines) is 1. The summed E-state index contributed by atoms with van der Waals surface area (Å²) in [4.78, 5) is 85.8. The number of carbonyl (C=O) groups excluding carboxylic acids is 6. The summed E-state index contributed by atoms with van der Waals surface area (Å²) in [6.45, 7) is -0.305. The Balaban J connectivity index is 1.24. The lowest BCUT2D eigenvalue weighted by Crippen LogP contribution is -2.60. The Morgan fingerprint density at radius 2 is 1.48 bits per heavy atom. The minimum Gasteiger partial charge on any atom is -0.508 e. The van der Waals surface area contributed by atoms with Gasteiger partial charge in [0.05, 0.1) is 23.7 Å². The van der Waals surface area contributed by atoms with Crippen molar-refractivity contribution < 1.29 is 33.9 Å². The second-order valence-electron chi connectivity index (χ2n) is 13.9. The molecule has 0 aliphatic carbocycles. The van der Waals surface area contributed by atoms with Crippen LogP contribution in [0.15, 0.2) is 84.9 Å². The number of aromatic hydroxyl groups is 1. The third-order valence-corrected chi connectivity index (χ3v) is 9.92. The van der Waals surface area contributed by atoms with Gasteiger partial charge in [0, 0.05) is 32.7 Å². The number of nitrogens with two attached hydrogens (primary N) is 2. The first kappa shape index (κ1) is 37.5. The molecule has 14 heteroatoms. The van der Waals surface area contributed by atoms with Gasteiger partial charge in [-0.25, -0.2) is 0 Å². The largest absolute Gasteiger partial charge is 0.508 e. The zero-order valence-electron chi connectivity index (χ0n) is 30.0. The smallest absolute Gasteiger partial charge is 0.261 e. The number of benzene rings is 4. The summed E-state index contributed by atoms with van der Waals surface area (Å²) in [7, 11) is 3.78. The van der Waals surface area contributed by atoms with Crippen LogP contribution in [0.3, 0.4) is 0 Å². The number of fused-ring (bicyclic) bond motifs is 2. The zero-order chi connectivity index (χ0) is 38.7. The summed E-state index contributed by atoms with van der Waals surface area (Å²) in [5, 5.41) is 16.4. The van der Waals surface area contributed by atoms with Gasteiger partial charge in [-0.15, -0.1) is 0 Å². The van der Waals surface area contributed by atoms with E-state index in [2.05, 4.69) is 10.6 Å². The number of imide groups is 1. The molecule has 6 rings (SSSR count). The number of carbonyl (C=O) groups is 6. The number of phenolic OH excluding ortho intramolecular Hbond substituents is 1. The highest BCUT2D eigenvalue weighted by atomic mass is 16.3. The molecule has 0 radical (unpaired) electrons. The van der Waals surface area contributed by atoms with Crippen LogP contribution in [0.2, 0.25) is 0 Å². The molecule has 6 amide bonds. The average Bonchev–Trinajstić information content (AvgIpc) is 3.73. The van der Waals surface area contributed by atoms with E-state index in [1.165, 1.54) is 17.0 Å². The predicted molar refractivity (Wildman–Crippen MR) is 201 cm³/mol. The molecule has 0 unspecified atom stereocenters. The van der Waals surface area contributed by atoms with E-state index in [-0.39, 0.29) is 42.7 Å². The number of nitrogens with zero attached hydrogens (tertiary/aromatic N) is 3. The van der Waals surface area contributed by atoms with Gasteiger partial charge < -0.3 is 37.0 Å². The van der Waals surface area contributed by atoms with E-state index in [4.69, 9.17) is 11.5 Å². The number of nitrogens with one attached hydrogen (secondary N) is 2. The van der Waals surface area contributed by atoms with E-state index < -0.39 is 66.2 Å². The number of anilines is 1. The van der Waals surface area contributed by atoms with E-state index in [1.807, 2.05) is 37.2 Å². The SMILES string of the molecule is CN(C)c1ccc2cc3c(cc2c1)C(=O)N(C[C@H](NC(=O)[C@@H]1CCCN1C(=O)[C@@H](N)Cc1ccc(O)cc1)C(=O)N[C@@H](Cc1ccccc1)C(N)=O)C3=O. The lowest BCUT2D eigenvalue weighted by Gasteiger charge is -2.30. The van der Waals surface area contributed by atoms with Gasteiger partial charge in [-0.05, 0) is 77.6 Å². The molecule has 0 saturated carbocycles. The van der Waals surface area contributed by atoms with Crippen LogP contribution in [0.5, 0.6) is 5.75 Å². The van der Waals surface area contributed by atoms with Crippen LogP contribution in [0.25, 0.3) is 10.8 Å². The Labute approximate surface area is 312 Å². The molecule has 4 atom stereocenters. The quantitative estimate of drug-likeness (QED) is 0.126. The third kappa shape index (κ3) is 8.03. The molecule has 2 heterocycles. The Bertz CT molecular complexity index is 2110. The van der Waals surface area contributed by atoms with Gasteiger partial charge >= 0.3 is 0 Å². The van der Waals surface area contributed by atoms with Gasteiger partial charge in [0.15, 0.2) is 0 Å². The molecule has 2 aliphatic heterocycles. The molecule has 54 heavy (non-hydrogen) atoms. The maximum absolute atomic E-state index is 14.0. The first-order valence-corrected chi connectivity index (χ1v) is 17.7. The van der Waals surface area contributed by atoms with Gasteiger partial charge in [0.2, 0.25) is 23.6 Å². The maximum Gasteiger partial charge on any atom is 0.261 e. The molecule has 4 aromatic rings. The zero-order valence-corrected chi connectivity index (χ0v) is 30.0. The summed E-state index contributed by atoms with van der Waals surface area (Å²) in [6.07, 6.45) is 0.996. The molecule has 1 saturated heterocycles. The van der Waals surface area contributed by atoms with Gasteiger partial charge in [-0.1, -0.05) is 48.5 Å². The standard InChI is InChI=1S/C40H43N7O7/c1-45(2)27-13-12-25-20-29-30(21-26(25)19-27)39(53)47(38(29)52)22-33(36(50)43-32(35(42)49)18-23-7-4-3-5-8-23)44-37(51)34-9-6-16-46(34)40(54)31(41)17-24-10-14-28(48)15-11-24/h3-5,7-8,10-15,19-21,31-34,48H,6,9,16-18,22,41H2,1-2H3,(H2,42,49)(H,43,50)(H,44,51)/t31-,32-,33-,34-/m0/s1. The van der Waals surface area contributed by atoms with Gasteiger partial charge in [-0.2, -0.15) is 0 Å². The van der Waals surface area contributed by atoms with Crippen molar-refractivity contribution in [2.45, 2.75) is 49.9 Å². The Morgan fingerprint density at radius 1 is 0.833 bits per heavy atom. The van der Waals surface area contributed by atoms with Crippen LogP contribution in [-0.4, -0.2) is 102 Å². The van der Waals surface area contributed by atoms with Crippen molar-refractivity contribution in [3.05, 3.63) is 107 Å². The normalized spacial score (nSPS) is 16.8. The summed E-state index contributed by atoms with van der Waals surface area (Å²) in [5.41, 5.74) is 14.6. The van der Waals surface area contributed by atoms with Crippen molar-refractivity contribution in [2.75, 3.05) is 32.1 Å². The molecular formula is C40H43N7O7. The molecule has 0 bridgehead atoms. The first-order chi connectivity index (χ1) is 25.8. The molecule has 0 aromatic heterocycles. The molecule has 4 aromatic carbocycles. The van der Waals surface area contributed by atoms with Crippen LogP contribution in [0.1, 0.15) is 44.7 Å². The van der Waals surface area contributed by atoms with E-state index >= 15 is 0 Å². The third-order valence-electron chi connectivity index (χ3n) is 9.92. The van der Waals surface area contributed by atoms with Gasteiger partial charge in [-0.3, -0.25) is 33.7 Å². The van der Waals surface area contributed by atoms with Gasteiger partial charge in [0.1, 0.15) is 23.9 Å². The summed E-state index contributed by atoms with van der Waals surface area (Å²) in [6, 6.07) is 19.4. The van der Waals surface area contributed by atoms with Crippen molar-refractivity contribution >= 4 is 51.9 Å². The summed E-state index contributed by atoms with van der Waals surface area (Å²) in [5.74, 6) is -4.04. The average molecular weight is 734 g/mol. The van der Waals surface area contributed by atoms with Crippen LogP contribution in [0.4, 0.5) is 5.69 Å². The fraction of sp³-hybridized carbons (Fsp3) is 0.300. The van der Waals surface area contributed by atoms with E-state index in [0.717, 1.165) is 32.5 Å². The minimum absolute atomic E-state index is 0.0565. The second kappa shape index (κ2) is 15.8. The Morgan fingerprint density at radius 3 is 2.13 bits per heavy atom. The monoisotopic (exact) mass is 733 g/mol. The Kier molecular flexibility index (Phi) is 10.9. The first-order valence-electron chi connectivity index (χ1n) is 17.7. The summed E-state index contributed by atoms with van der Waals surface area (Å²) < 4.78 is 0. The van der Waals surface area contributed by atoms with Crippen molar-refractivity contribution in [2.24, 2.45) is 11.5 Å². The fourth-order valence-electron chi connectivity index (χ4n) is 6.94. The number of rotatable bonds is 13. The van der Waals surface area contributed by atoms with Crippen LogP contribution < -0.4 is 27.0 Å². The van der Waals surface area contributed by atoms with Crippen LogP contribution in [0, 0.1) is 0 Å². The van der Waals surface area contributed by atoms with E-state index in [0.29, 0.717) is 6.42 Å². The van der Waals surface area contributed by atoms with Crippen LogP contribution >= 0.6 is 0 Å². The Hall–Kier alpha value is -6.28. The van der Waals surface area contributed by atoms with Crippen molar-refractivity contribution in [1.29, 1.82) is 0 Å². The van der Waals surface area contributed by atoms with Crippen LogP contribution in [-0.2, 0) is 32.0 Å². The van der Waals surface area contributed by atoms with Gasteiger partial charge in [0.25, 0.3) is 11.8 Å². The molecular weight excluding hydrogens is 690 g/mol. The van der Waals surface area contributed by atoms with Crippen molar-refractivity contribution in [3.8, 4) is 5.75 Å². The number of hydrogen-bond donors (Lipinski definition) is 5. The predicted octanol–water partition coefficient (Wildman–Crippen LogP) is 1.47. The lowest BCUT2D eigenvalue weighted by atomic mass is 10.0. The minimum atomic E-state index is -1.52. The molecule has 7 N–H and O–H groups in total. The fourth-order valence-corrected chi connectivity index (χ4v) is 6.94. The highest BCUT2D eigenvalue weighted by molar-refractivity contribution is 6.23. The molecule has 2 aliphatic rings. The van der Waals surface area contributed by atoms with E-state index in [9.17, 15) is 33.9 Å². The number of hydrogen-bond acceptors (Lipinski definition) is 9.